The Labute approximate surface area is 202 Å². The van der Waals surface area contributed by atoms with Crippen LogP contribution in [0, 0.1) is 12.8 Å². The molecular formula is C28H24N2O5. The summed E-state index contributed by atoms with van der Waals surface area (Å²) in [7, 11) is 0. The minimum atomic E-state index is -0.580. The number of amides is 3. The molecule has 0 aliphatic carbocycles. The molecule has 176 valence electrons. The number of carbonyl (C=O) groups excluding carboxylic acids is 4. The van der Waals surface area contributed by atoms with Gasteiger partial charge in [-0.1, -0.05) is 37.3 Å². The lowest BCUT2D eigenvalue weighted by molar-refractivity contribution is -0.139. The van der Waals surface area contributed by atoms with Crippen LogP contribution in [0.25, 0.3) is 0 Å². The average molecular weight is 469 g/mol. The zero-order valence-electron chi connectivity index (χ0n) is 19.5. The second-order valence-electron chi connectivity index (χ2n) is 8.75. The number of hydrogen-bond acceptors (Lipinski definition) is 5. The van der Waals surface area contributed by atoms with Crippen molar-refractivity contribution in [2.75, 3.05) is 16.3 Å². The highest BCUT2D eigenvalue weighted by Crippen LogP contribution is 2.33. The average Bonchev–Trinajstić information content (AvgIpc) is 3.37. The lowest BCUT2D eigenvalue weighted by Crippen LogP contribution is -2.30. The molecule has 0 N–H and O–H groups in total. The van der Waals surface area contributed by atoms with Gasteiger partial charge in [0.25, 0.3) is 11.8 Å². The van der Waals surface area contributed by atoms with E-state index in [0.29, 0.717) is 28.1 Å². The maximum Gasteiger partial charge on any atom is 0.316 e. The summed E-state index contributed by atoms with van der Waals surface area (Å²) in [5, 5.41) is 0. The van der Waals surface area contributed by atoms with Gasteiger partial charge in [0.2, 0.25) is 5.91 Å². The Kier molecular flexibility index (Phi) is 5.68. The SMILES string of the molecule is CCc1ccccc1N1C[C@H](C(=O)Oc2ccc(N3C(=O)c4ccccc4C3=O)c(C)c2)CC1=O. The Hall–Kier alpha value is -4.26. The molecule has 5 rings (SSSR count). The van der Waals surface area contributed by atoms with Gasteiger partial charge in [0.05, 0.1) is 22.7 Å². The fourth-order valence-corrected chi connectivity index (χ4v) is 4.72. The number of fused-ring (bicyclic) bond motifs is 1. The molecular weight excluding hydrogens is 444 g/mol. The van der Waals surface area contributed by atoms with Gasteiger partial charge >= 0.3 is 5.97 Å². The fraction of sp³-hybridized carbons (Fsp3) is 0.214. The number of aryl methyl sites for hydroxylation is 2. The van der Waals surface area contributed by atoms with E-state index in [1.165, 1.54) is 0 Å². The second kappa shape index (κ2) is 8.83. The molecule has 7 heteroatoms. The number of imide groups is 1. The van der Waals surface area contributed by atoms with Gasteiger partial charge in [-0.3, -0.25) is 19.2 Å². The van der Waals surface area contributed by atoms with Gasteiger partial charge in [-0.15, -0.1) is 0 Å². The third-order valence-corrected chi connectivity index (χ3v) is 6.54. The molecule has 0 saturated carbocycles. The summed E-state index contributed by atoms with van der Waals surface area (Å²) in [6, 6.07) is 19.2. The number of para-hydroxylation sites is 1. The summed E-state index contributed by atoms with van der Waals surface area (Å²) < 4.78 is 5.60. The molecule has 0 radical (unpaired) electrons. The topological polar surface area (TPSA) is 84.0 Å². The van der Waals surface area contributed by atoms with Crippen LogP contribution in [0.2, 0.25) is 0 Å². The van der Waals surface area contributed by atoms with Crippen LogP contribution in [0.1, 0.15) is 45.2 Å². The van der Waals surface area contributed by atoms with Crippen LogP contribution < -0.4 is 14.5 Å². The van der Waals surface area contributed by atoms with E-state index < -0.39 is 11.9 Å². The monoisotopic (exact) mass is 468 g/mol. The predicted octanol–water partition coefficient (Wildman–Crippen LogP) is 4.32. The van der Waals surface area contributed by atoms with Crippen LogP contribution in [0.15, 0.2) is 66.7 Å². The summed E-state index contributed by atoms with van der Waals surface area (Å²) in [6.45, 7) is 4.04. The number of carbonyl (C=O) groups is 4. The number of esters is 1. The lowest BCUT2D eigenvalue weighted by Gasteiger charge is -2.20. The smallest absolute Gasteiger partial charge is 0.316 e. The van der Waals surface area contributed by atoms with Crippen LogP contribution >= 0.6 is 0 Å². The number of ether oxygens (including phenoxy) is 1. The molecule has 2 aliphatic heterocycles. The third kappa shape index (κ3) is 3.89. The highest BCUT2D eigenvalue weighted by Gasteiger charge is 2.38. The molecule has 0 unspecified atom stereocenters. The summed E-state index contributed by atoms with van der Waals surface area (Å²) >= 11 is 0. The van der Waals surface area contributed by atoms with E-state index in [1.54, 1.807) is 54.3 Å². The van der Waals surface area contributed by atoms with Crippen molar-refractivity contribution in [3.8, 4) is 5.75 Å². The van der Waals surface area contributed by atoms with Crippen LogP contribution in [0.3, 0.4) is 0 Å². The first-order chi connectivity index (χ1) is 16.9. The van der Waals surface area contributed by atoms with Gasteiger partial charge in [-0.05, 0) is 60.9 Å². The van der Waals surface area contributed by atoms with Crippen molar-refractivity contribution >= 4 is 35.1 Å². The van der Waals surface area contributed by atoms with Crippen LogP contribution in [-0.2, 0) is 16.0 Å². The van der Waals surface area contributed by atoms with Crippen molar-refractivity contribution in [1.29, 1.82) is 0 Å². The van der Waals surface area contributed by atoms with E-state index in [4.69, 9.17) is 4.74 Å². The zero-order chi connectivity index (χ0) is 24.7. The molecule has 35 heavy (non-hydrogen) atoms. The van der Waals surface area contributed by atoms with Crippen LogP contribution in [0.5, 0.6) is 5.75 Å². The van der Waals surface area contributed by atoms with Gasteiger partial charge in [0.1, 0.15) is 5.75 Å². The molecule has 0 aromatic heterocycles. The molecule has 2 heterocycles. The molecule has 0 spiro atoms. The Morgan fingerprint density at radius 3 is 2.23 bits per heavy atom. The number of benzene rings is 3. The Morgan fingerprint density at radius 2 is 1.57 bits per heavy atom. The van der Waals surface area contributed by atoms with E-state index >= 15 is 0 Å². The maximum atomic E-state index is 12.9. The normalized spacial score (nSPS) is 17.2. The molecule has 3 amide bonds. The van der Waals surface area contributed by atoms with Crippen molar-refractivity contribution in [2.24, 2.45) is 5.92 Å². The Morgan fingerprint density at radius 1 is 0.914 bits per heavy atom. The minimum Gasteiger partial charge on any atom is -0.426 e. The van der Waals surface area contributed by atoms with Gasteiger partial charge in [0, 0.05) is 18.7 Å². The van der Waals surface area contributed by atoms with E-state index in [2.05, 4.69) is 0 Å². The van der Waals surface area contributed by atoms with Crippen LogP contribution in [0.4, 0.5) is 11.4 Å². The first-order valence-electron chi connectivity index (χ1n) is 11.6. The first kappa shape index (κ1) is 22.5. The lowest BCUT2D eigenvalue weighted by atomic mass is 10.1. The summed E-state index contributed by atoms with van der Waals surface area (Å²) in [4.78, 5) is 53.9. The maximum absolute atomic E-state index is 12.9. The first-order valence-corrected chi connectivity index (χ1v) is 11.6. The summed E-state index contributed by atoms with van der Waals surface area (Å²) in [5.41, 5.74) is 3.67. The number of anilines is 2. The van der Waals surface area contributed by atoms with Crippen LogP contribution in [-0.4, -0.2) is 30.2 Å². The number of hydrogen-bond donors (Lipinski definition) is 0. The molecule has 2 aliphatic rings. The number of nitrogens with zero attached hydrogens (tertiary/aromatic N) is 2. The van der Waals surface area contributed by atoms with Gasteiger partial charge in [-0.2, -0.15) is 0 Å². The van der Waals surface area contributed by atoms with Crippen molar-refractivity contribution in [1.82, 2.24) is 0 Å². The minimum absolute atomic E-state index is 0.0863. The predicted molar refractivity (Wildman–Crippen MR) is 131 cm³/mol. The standard InChI is InChI=1S/C28H24N2O5/c1-3-18-8-4-7-11-24(18)29-16-19(15-25(29)31)28(34)35-20-12-13-23(17(2)14-20)30-26(32)21-9-5-6-10-22(21)27(30)33/h4-14,19H,3,15-16H2,1-2H3/t19-/m1/s1. The molecule has 1 atom stereocenters. The summed E-state index contributed by atoms with van der Waals surface area (Å²) in [5.74, 6) is -1.63. The van der Waals surface area contributed by atoms with Crippen molar-refractivity contribution < 1.29 is 23.9 Å². The molecule has 3 aromatic rings. The Balaban J connectivity index is 1.31. The van der Waals surface area contributed by atoms with Crippen molar-refractivity contribution in [3.63, 3.8) is 0 Å². The van der Waals surface area contributed by atoms with E-state index in [-0.39, 0.29) is 30.7 Å². The highest BCUT2D eigenvalue weighted by molar-refractivity contribution is 6.34. The fourth-order valence-electron chi connectivity index (χ4n) is 4.72. The largest absolute Gasteiger partial charge is 0.426 e. The molecule has 3 aromatic carbocycles. The third-order valence-electron chi connectivity index (χ3n) is 6.54. The molecule has 1 saturated heterocycles. The number of rotatable bonds is 5. The molecule has 0 bridgehead atoms. The van der Waals surface area contributed by atoms with E-state index in [0.717, 1.165) is 22.6 Å². The quantitative estimate of drug-likeness (QED) is 0.316. The van der Waals surface area contributed by atoms with Crippen molar-refractivity contribution in [2.45, 2.75) is 26.7 Å². The zero-order valence-corrected chi connectivity index (χ0v) is 19.5. The van der Waals surface area contributed by atoms with Gasteiger partial charge < -0.3 is 9.64 Å². The van der Waals surface area contributed by atoms with Gasteiger partial charge in [-0.25, -0.2) is 4.90 Å². The van der Waals surface area contributed by atoms with E-state index in [1.807, 2.05) is 31.2 Å². The highest BCUT2D eigenvalue weighted by atomic mass is 16.5. The molecule has 7 nitrogen and oxygen atoms in total. The molecule has 1 fully saturated rings. The Bertz CT molecular complexity index is 1340. The van der Waals surface area contributed by atoms with E-state index in [9.17, 15) is 19.2 Å². The van der Waals surface area contributed by atoms with Gasteiger partial charge in [0.15, 0.2) is 0 Å². The second-order valence-corrected chi connectivity index (χ2v) is 8.75. The summed E-state index contributed by atoms with van der Waals surface area (Å²) in [6.07, 6.45) is 0.872. The van der Waals surface area contributed by atoms with Crippen molar-refractivity contribution in [3.05, 3.63) is 89.0 Å².